The molecular formula is C17H17NO3. The first-order valence-electron chi connectivity index (χ1n) is 6.97. The first-order valence-corrected chi connectivity index (χ1v) is 6.97. The van der Waals surface area contributed by atoms with Crippen LogP contribution in [0.2, 0.25) is 0 Å². The number of carbonyl (C=O) groups is 1. The van der Waals surface area contributed by atoms with E-state index < -0.39 is 0 Å². The molecule has 108 valence electrons. The van der Waals surface area contributed by atoms with Crippen LogP contribution in [-0.4, -0.2) is 27.6 Å². The lowest BCUT2D eigenvalue weighted by molar-refractivity contribution is -0.128. The van der Waals surface area contributed by atoms with Crippen LogP contribution in [0.5, 0.6) is 11.5 Å². The minimum absolute atomic E-state index is 0.122. The molecule has 21 heavy (non-hydrogen) atoms. The van der Waals surface area contributed by atoms with E-state index in [1.807, 2.05) is 30.3 Å². The molecule has 2 N–H and O–H groups in total. The van der Waals surface area contributed by atoms with E-state index in [-0.39, 0.29) is 23.3 Å². The van der Waals surface area contributed by atoms with Crippen molar-refractivity contribution >= 4 is 5.91 Å². The Morgan fingerprint density at radius 3 is 2.52 bits per heavy atom. The predicted octanol–water partition coefficient (Wildman–Crippen LogP) is 2.61. The average molecular weight is 283 g/mol. The lowest BCUT2D eigenvalue weighted by atomic mass is 9.98. The Balaban J connectivity index is 1.72. The molecule has 1 amide bonds. The largest absolute Gasteiger partial charge is 0.504 e. The third-order valence-corrected chi connectivity index (χ3v) is 3.90. The van der Waals surface area contributed by atoms with E-state index in [1.165, 1.54) is 17.7 Å². The normalized spacial score (nSPS) is 18.2. The first-order chi connectivity index (χ1) is 10.1. The van der Waals surface area contributed by atoms with Gasteiger partial charge in [0.15, 0.2) is 11.5 Å². The lowest BCUT2D eigenvalue weighted by Gasteiger charge is -2.17. The van der Waals surface area contributed by atoms with Crippen LogP contribution in [0.15, 0.2) is 48.5 Å². The minimum atomic E-state index is -0.154. The van der Waals surface area contributed by atoms with Gasteiger partial charge in [-0.05, 0) is 23.3 Å². The Labute approximate surface area is 123 Å². The van der Waals surface area contributed by atoms with Crippen molar-refractivity contribution in [3.05, 3.63) is 59.7 Å². The van der Waals surface area contributed by atoms with Crippen LogP contribution in [0, 0.1) is 0 Å². The highest BCUT2D eigenvalue weighted by molar-refractivity contribution is 5.79. The molecule has 1 atom stereocenters. The second-order valence-electron chi connectivity index (χ2n) is 5.41. The molecule has 1 heterocycles. The summed E-state index contributed by atoms with van der Waals surface area (Å²) in [6, 6.07) is 14.7. The van der Waals surface area contributed by atoms with Gasteiger partial charge in [-0.15, -0.1) is 0 Å². The highest BCUT2D eigenvalue weighted by Gasteiger charge is 2.30. The Bertz CT molecular complexity index is 654. The third-order valence-electron chi connectivity index (χ3n) is 3.90. The summed E-state index contributed by atoms with van der Waals surface area (Å²) in [5.74, 6) is 0.0493. The number of phenolic OH excluding ortho intramolecular Hbond substituents is 2. The smallest absolute Gasteiger partial charge is 0.223 e. The van der Waals surface area contributed by atoms with Gasteiger partial charge in [-0.25, -0.2) is 0 Å². The first kappa shape index (κ1) is 13.5. The standard InChI is InChI=1S/C17H17NO3/c19-15-7-6-12(8-16(15)20)10-18-11-14(9-17(18)21)13-4-2-1-3-5-13/h1-8,14,19-20H,9-11H2. The van der Waals surface area contributed by atoms with E-state index in [0.29, 0.717) is 19.5 Å². The second kappa shape index (κ2) is 5.48. The zero-order valence-electron chi connectivity index (χ0n) is 11.6. The molecule has 2 aromatic carbocycles. The van der Waals surface area contributed by atoms with Gasteiger partial charge in [-0.1, -0.05) is 36.4 Å². The lowest BCUT2D eigenvalue weighted by Crippen LogP contribution is -2.24. The van der Waals surface area contributed by atoms with Crippen molar-refractivity contribution in [3.8, 4) is 11.5 Å². The summed E-state index contributed by atoms with van der Waals surface area (Å²) in [5.41, 5.74) is 1.99. The van der Waals surface area contributed by atoms with Gasteiger partial charge in [0.1, 0.15) is 0 Å². The molecule has 0 radical (unpaired) electrons. The van der Waals surface area contributed by atoms with E-state index in [2.05, 4.69) is 0 Å². The Morgan fingerprint density at radius 1 is 1.05 bits per heavy atom. The summed E-state index contributed by atoms with van der Waals surface area (Å²) in [7, 11) is 0. The second-order valence-corrected chi connectivity index (χ2v) is 5.41. The summed E-state index contributed by atoms with van der Waals surface area (Å²) in [5, 5.41) is 18.8. The van der Waals surface area contributed by atoms with Gasteiger partial charge in [-0.2, -0.15) is 0 Å². The van der Waals surface area contributed by atoms with E-state index in [9.17, 15) is 15.0 Å². The molecule has 0 aliphatic carbocycles. The summed E-state index contributed by atoms with van der Waals surface area (Å²) in [6.07, 6.45) is 0.522. The fraction of sp³-hybridized carbons (Fsp3) is 0.235. The Kier molecular flexibility index (Phi) is 3.52. The third kappa shape index (κ3) is 2.84. The number of hydrogen-bond acceptors (Lipinski definition) is 3. The highest BCUT2D eigenvalue weighted by Crippen LogP contribution is 2.30. The van der Waals surface area contributed by atoms with E-state index in [0.717, 1.165) is 5.56 Å². The number of hydrogen-bond donors (Lipinski definition) is 2. The molecule has 2 aromatic rings. The predicted molar refractivity (Wildman–Crippen MR) is 79.0 cm³/mol. The maximum Gasteiger partial charge on any atom is 0.223 e. The molecule has 1 aliphatic rings. The quantitative estimate of drug-likeness (QED) is 0.851. The molecule has 1 unspecified atom stereocenters. The van der Waals surface area contributed by atoms with Crippen molar-refractivity contribution in [2.24, 2.45) is 0 Å². The van der Waals surface area contributed by atoms with Gasteiger partial charge < -0.3 is 15.1 Å². The Morgan fingerprint density at radius 2 is 1.81 bits per heavy atom. The van der Waals surface area contributed by atoms with Crippen LogP contribution < -0.4 is 0 Å². The van der Waals surface area contributed by atoms with Gasteiger partial charge in [0.05, 0.1) is 0 Å². The van der Waals surface area contributed by atoms with Gasteiger partial charge in [-0.3, -0.25) is 4.79 Å². The maximum atomic E-state index is 12.1. The summed E-state index contributed by atoms with van der Waals surface area (Å²) in [4.78, 5) is 13.9. The summed E-state index contributed by atoms with van der Waals surface area (Å²) >= 11 is 0. The van der Waals surface area contributed by atoms with Crippen molar-refractivity contribution < 1.29 is 15.0 Å². The van der Waals surface area contributed by atoms with Crippen LogP contribution in [0.1, 0.15) is 23.5 Å². The van der Waals surface area contributed by atoms with E-state index in [4.69, 9.17) is 0 Å². The molecule has 0 spiro atoms. The molecule has 0 bridgehead atoms. The van der Waals surface area contributed by atoms with Crippen molar-refractivity contribution in [1.29, 1.82) is 0 Å². The van der Waals surface area contributed by atoms with Crippen LogP contribution in [0.3, 0.4) is 0 Å². The molecule has 4 heteroatoms. The van der Waals surface area contributed by atoms with Crippen molar-refractivity contribution in [1.82, 2.24) is 4.90 Å². The topological polar surface area (TPSA) is 60.8 Å². The van der Waals surface area contributed by atoms with Gasteiger partial charge in [0.2, 0.25) is 5.91 Å². The number of nitrogens with zero attached hydrogens (tertiary/aromatic N) is 1. The SMILES string of the molecule is O=C1CC(c2ccccc2)CN1Cc1ccc(O)c(O)c1. The Hall–Kier alpha value is -2.49. The van der Waals surface area contributed by atoms with Gasteiger partial charge >= 0.3 is 0 Å². The van der Waals surface area contributed by atoms with Crippen LogP contribution in [0.4, 0.5) is 0 Å². The van der Waals surface area contributed by atoms with Gasteiger partial charge in [0, 0.05) is 25.4 Å². The molecule has 4 nitrogen and oxygen atoms in total. The van der Waals surface area contributed by atoms with Crippen LogP contribution in [-0.2, 0) is 11.3 Å². The fourth-order valence-electron chi connectivity index (χ4n) is 2.76. The maximum absolute atomic E-state index is 12.1. The van der Waals surface area contributed by atoms with Crippen molar-refractivity contribution in [2.75, 3.05) is 6.54 Å². The number of likely N-dealkylation sites (tertiary alicyclic amines) is 1. The van der Waals surface area contributed by atoms with Crippen LogP contribution in [0.25, 0.3) is 0 Å². The zero-order chi connectivity index (χ0) is 14.8. The molecule has 1 aliphatic heterocycles. The van der Waals surface area contributed by atoms with Crippen molar-refractivity contribution in [2.45, 2.75) is 18.9 Å². The number of phenols is 2. The summed E-state index contributed by atoms with van der Waals surface area (Å²) in [6.45, 7) is 1.14. The highest BCUT2D eigenvalue weighted by atomic mass is 16.3. The average Bonchev–Trinajstić information content (AvgIpc) is 2.85. The summed E-state index contributed by atoms with van der Waals surface area (Å²) < 4.78 is 0. The van der Waals surface area contributed by atoms with Gasteiger partial charge in [0.25, 0.3) is 0 Å². The molecule has 0 saturated carbocycles. The number of rotatable bonds is 3. The van der Waals surface area contributed by atoms with Crippen molar-refractivity contribution in [3.63, 3.8) is 0 Å². The number of amides is 1. The monoisotopic (exact) mass is 283 g/mol. The molecule has 0 aromatic heterocycles. The van der Waals surface area contributed by atoms with E-state index in [1.54, 1.807) is 11.0 Å². The number of aromatic hydroxyl groups is 2. The number of carbonyl (C=O) groups excluding carboxylic acids is 1. The molecule has 1 fully saturated rings. The molecule has 3 rings (SSSR count). The number of benzene rings is 2. The van der Waals surface area contributed by atoms with E-state index >= 15 is 0 Å². The molecule has 1 saturated heterocycles. The van der Waals surface area contributed by atoms with Crippen LogP contribution >= 0.6 is 0 Å². The minimum Gasteiger partial charge on any atom is -0.504 e. The molecular weight excluding hydrogens is 266 g/mol. The zero-order valence-corrected chi connectivity index (χ0v) is 11.6. The fourth-order valence-corrected chi connectivity index (χ4v) is 2.76.